The van der Waals surface area contributed by atoms with Gasteiger partial charge in [-0.05, 0) is 49.5 Å². The van der Waals surface area contributed by atoms with Gasteiger partial charge in [0.15, 0.2) is 0 Å². The van der Waals surface area contributed by atoms with Gasteiger partial charge in [0.2, 0.25) is 0 Å². The molecule has 0 radical (unpaired) electrons. The number of nitrogens with one attached hydrogen (secondary N) is 1. The third kappa shape index (κ3) is 1.83. The highest BCUT2D eigenvalue weighted by molar-refractivity contribution is 8.00. The molecule has 0 saturated heterocycles. The Morgan fingerprint density at radius 2 is 1.91 bits per heavy atom. The Bertz CT molecular complexity index is 775. The first-order valence-corrected chi connectivity index (χ1v) is 9.86. The number of thiazole rings is 1. The summed E-state index contributed by atoms with van der Waals surface area (Å²) in [6.07, 6.45) is 4.19. The van der Waals surface area contributed by atoms with E-state index in [9.17, 15) is 4.79 Å². The smallest absolute Gasteiger partial charge is 0.305 e. The molecule has 1 aliphatic heterocycles. The van der Waals surface area contributed by atoms with Crippen LogP contribution in [0.1, 0.15) is 41.2 Å². The molecule has 2 fully saturated rings. The van der Waals surface area contributed by atoms with Crippen molar-refractivity contribution < 1.29 is 0 Å². The van der Waals surface area contributed by atoms with Crippen LogP contribution in [0.3, 0.4) is 0 Å². The van der Waals surface area contributed by atoms with Crippen LogP contribution in [0.25, 0.3) is 0 Å². The Kier molecular flexibility index (Phi) is 2.90. The molecular weight excluding hydrogens is 310 g/mol. The van der Waals surface area contributed by atoms with Crippen LogP contribution >= 0.6 is 23.1 Å². The van der Waals surface area contributed by atoms with E-state index in [1.54, 1.807) is 0 Å². The monoisotopic (exact) mass is 329 g/mol. The topological polar surface area (TPSA) is 32.9 Å². The molecule has 0 spiro atoms. The first-order chi connectivity index (χ1) is 10.7. The minimum atomic E-state index is 0.113. The molecule has 114 valence electrons. The fraction of sp³-hybridized carbons (Fsp3) is 0.500. The minimum absolute atomic E-state index is 0.113. The molecule has 0 amide bonds. The number of aromatic nitrogens is 1. The Hall–Kier alpha value is -1.000. The molecule has 5 atom stereocenters. The van der Waals surface area contributed by atoms with Gasteiger partial charge in [-0.15, -0.1) is 11.8 Å². The molecule has 1 N–H and O–H groups in total. The lowest BCUT2D eigenvalue weighted by molar-refractivity contribution is 0.307. The molecule has 0 unspecified atom stereocenters. The number of H-pyrrole nitrogens is 1. The number of rotatable bonds is 1. The van der Waals surface area contributed by atoms with Crippen LogP contribution in [0.2, 0.25) is 0 Å². The molecule has 2 nitrogen and oxygen atoms in total. The number of hydrogen-bond donors (Lipinski definition) is 1. The zero-order valence-electron chi connectivity index (χ0n) is 12.5. The van der Waals surface area contributed by atoms with Crippen LogP contribution < -0.4 is 4.87 Å². The predicted octanol–water partition coefficient (Wildman–Crippen LogP) is 4.40. The van der Waals surface area contributed by atoms with Crippen molar-refractivity contribution in [1.82, 2.24) is 4.98 Å². The molecule has 2 saturated carbocycles. The SMILES string of the molecule is Cc1ccc([C@@H]2c3sc(=O)[nH]c3S[C@@H]3[C@H]4CC[C@@H](C4)[C@H]23)cc1. The molecule has 22 heavy (non-hydrogen) atoms. The molecule has 1 aromatic heterocycles. The number of aryl methyl sites for hydroxylation is 1. The lowest BCUT2D eigenvalue weighted by Crippen LogP contribution is -2.33. The summed E-state index contributed by atoms with van der Waals surface area (Å²) in [6, 6.07) is 9.00. The van der Waals surface area contributed by atoms with Gasteiger partial charge in [-0.3, -0.25) is 4.79 Å². The molecule has 1 aromatic carbocycles. The zero-order chi connectivity index (χ0) is 14.8. The van der Waals surface area contributed by atoms with Crippen LogP contribution in [0, 0.1) is 24.7 Å². The second kappa shape index (κ2) is 4.75. The third-order valence-corrected chi connectivity index (χ3v) is 8.53. The van der Waals surface area contributed by atoms with Crippen LogP contribution in [-0.2, 0) is 0 Å². The lowest BCUT2D eigenvalue weighted by atomic mass is 9.75. The van der Waals surface area contributed by atoms with Gasteiger partial charge in [-0.25, -0.2) is 0 Å². The number of thioether (sulfide) groups is 1. The van der Waals surface area contributed by atoms with Gasteiger partial charge in [-0.2, -0.15) is 0 Å². The van der Waals surface area contributed by atoms with Crippen LogP contribution in [0.4, 0.5) is 0 Å². The van der Waals surface area contributed by atoms with Gasteiger partial charge in [-0.1, -0.05) is 41.2 Å². The maximum atomic E-state index is 11.9. The summed E-state index contributed by atoms with van der Waals surface area (Å²) < 4.78 is 0. The normalized spacial score (nSPS) is 35.4. The summed E-state index contributed by atoms with van der Waals surface area (Å²) in [5.41, 5.74) is 2.71. The fourth-order valence-electron chi connectivity index (χ4n) is 5.00. The van der Waals surface area contributed by atoms with Gasteiger partial charge in [0.05, 0.1) is 5.03 Å². The molecule has 2 heterocycles. The van der Waals surface area contributed by atoms with Crippen molar-refractivity contribution in [3.8, 4) is 0 Å². The highest BCUT2D eigenvalue weighted by Crippen LogP contribution is 2.63. The maximum Gasteiger partial charge on any atom is 0.305 e. The van der Waals surface area contributed by atoms with Gasteiger partial charge < -0.3 is 4.98 Å². The largest absolute Gasteiger partial charge is 0.307 e. The molecule has 4 heteroatoms. The number of fused-ring (bicyclic) bond motifs is 6. The standard InChI is InChI=1S/C18H19NOS2/c1-9-2-4-10(5-3-9)13-14-11-6-7-12(8-11)15(14)21-17-16(13)22-18(20)19-17/h2-5,11-15H,6-8H2,1H3,(H,19,20)/t11-,12-,13-,14+,15+/m0/s1. The van der Waals surface area contributed by atoms with Crippen molar-refractivity contribution in [1.29, 1.82) is 0 Å². The van der Waals surface area contributed by atoms with Gasteiger partial charge in [0, 0.05) is 16.0 Å². The Morgan fingerprint density at radius 3 is 2.73 bits per heavy atom. The van der Waals surface area contributed by atoms with E-state index < -0.39 is 0 Å². The van der Waals surface area contributed by atoms with E-state index in [4.69, 9.17) is 0 Å². The number of hydrogen-bond acceptors (Lipinski definition) is 3. The highest BCUT2D eigenvalue weighted by Gasteiger charge is 2.54. The molecule has 2 aliphatic carbocycles. The van der Waals surface area contributed by atoms with Crippen molar-refractivity contribution >= 4 is 23.1 Å². The summed E-state index contributed by atoms with van der Waals surface area (Å²) in [7, 11) is 0. The van der Waals surface area contributed by atoms with E-state index >= 15 is 0 Å². The Balaban J connectivity index is 1.68. The minimum Gasteiger partial charge on any atom is -0.307 e. The summed E-state index contributed by atoms with van der Waals surface area (Å²) in [5, 5.41) is 1.87. The quantitative estimate of drug-likeness (QED) is 0.841. The third-order valence-electron chi connectivity index (χ3n) is 5.90. The van der Waals surface area contributed by atoms with E-state index in [-0.39, 0.29) is 4.87 Å². The van der Waals surface area contributed by atoms with E-state index in [0.29, 0.717) is 11.2 Å². The second-order valence-corrected chi connectivity index (χ2v) is 9.29. The van der Waals surface area contributed by atoms with Crippen LogP contribution in [0.5, 0.6) is 0 Å². The first-order valence-electron chi connectivity index (χ1n) is 8.17. The average Bonchev–Trinajstić information content (AvgIpc) is 3.19. The predicted molar refractivity (Wildman–Crippen MR) is 91.9 cm³/mol. The van der Waals surface area contributed by atoms with Crippen LogP contribution in [-0.4, -0.2) is 10.2 Å². The van der Waals surface area contributed by atoms with Gasteiger partial charge in [0.1, 0.15) is 0 Å². The first kappa shape index (κ1) is 13.4. The molecule has 3 aliphatic rings. The van der Waals surface area contributed by atoms with Crippen molar-refractivity contribution in [3.63, 3.8) is 0 Å². The average molecular weight is 329 g/mol. The van der Waals surface area contributed by atoms with Crippen molar-refractivity contribution in [2.24, 2.45) is 17.8 Å². The molecule has 2 bridgehead atoms. The van der Waals surface area contributed by atoms with E-state index in [1.807, 2.05) is 11.8 Å². The van der Waals surface area contributed by atoms with Gasteiger partial charge in [0.25, 0.3) is 0 Å². The number of aromatic amines is 1. The zero-order valence-corrected chi connectivity index (χ0v) is 14.2. The fourth-order valence-corrected chi connectivity index (χ4v) is 7.89. The second-order valence-electron chi connectivity index (χ2n) is 7.09. The highest BCUT2D eigenvalue weighted by atomic mass is 32.2. The Morgan fingerprint density at radius 1 is 1.14 bits per heavy atom. The van der Waals surface area contributed by atoms with Crippen LogP contribution in [0.15, 0.2) is 34.1 Å². The van der Waals surface area contributed by atoms with Crippen molar-refractivity contribution in [2.45, 2.75) is 42.4 Å². The van der Waals surface area contributed by atoms with Gasteiger partial charge >= 0.3 is 4.87 Å². The molecule has 5 rings (SSSR count). The molecule has 2 aromatic rings. The summed E-state index contributed by atoms with van der Waals surface area (Å²) >= 11 is 3.41. The van der Waals surface area contributed by atoms with E-state index in [1.165, 1.54) is 46.6 Å². The Labute approximate surface area is 138 Å². The molecular formula is C18H19NOS2. The summed E-state index contributed by atoms with van der Waals surface area (Å²) in [4.78, 5) is 16.5. The van der Waals surface area contributed by atoms with E-state index in [0.717, 1.165) is 22.8 Å². The lowest BCUT2D eigenvalue weighted by Gasteiger charge is -2.40. The maximum absolute atomic E-state index is 11.9. The summed E-state index contributed by atoms with van der Waals surface area (Å²) in [5.74, 6) is 2.88. The van der Waals surface area contributed by atoms with Crippen molar-refractivity contribution in [3.05, 3.63) is 49.9 Å². The van der Waals surface area contributed by atoms with Crippen molar-refractivity contribution in [2.75, 3.05) is 0 Å². The number of benzene rings is 1. The van der Waals surface area contributed by atoms with E-state index in [2.05, 4.69) is 36.2 Å². The summed E-state index contributed by atoms with van der Waals surface area (Å²) in [6.45, 7) is 2.14.